The van der Waals surface area contributed by atoms with Gasteiger partial charge in [0.05, 0.1) is 17.6 Å². The molecule has 1 aliphatic rings. The third-order valence-electron chi connectivity index (χ3n) is 5.49. The number of anilines is 2. The Morgan fingerprint density at radius 2 is 1.52 bits per heavy atom. The van der Waals surface area contributed by atoms with E-state index in [0.717, 1.165) is 41.2 Å². The van der Waals surface area contributed by atoms with E-state index in [0.29, 0.717) is 18.0 Å². The maximum atomic E-state index is 6.56. The third kappa shape index (κ3) is 3.42. The van der Waals surface area contributed by atoms with Gasteiger partial charge in [-0.1, -0.05) is 60.7 Å². The molecule has 4 aromatic rings. The predicted molar refractivity (Wildman–Crippen MR) is 117 cm³/mol. The number of nitrogen functional groups attached to an aromatic ring is 1. The highest BCUT2D eigenvalue weighted by molar-refractivity contribution is 5.99. The number of hydrogen-bond donors (Lipinski definition) is 1. The van der Waals surface area contributed by atoms with Gasteiger partial charge in [-0.3, -0.25) is 0 Å². The first kappa shape index (κ1) is 17.7. The Kier molecular flexibility index (Phi) is 4.60. The van der Waals surface area contributed by atoms with Crippen LogP contribution in [-0.4, -0.2) is 32.8 Å². The zero-order valence-electron chi connectivity index (χ0n) is 16.3. The Labute approximate surface area is 170 Å². The second-order valence-electron chi connectivity index (χ2n) is 7.51. The Balaban J connectivity index is 1.66. The number of piperidine rings is 1. The van der Waals surface area contributed by atoms with Crippen molar-refractivity contribution in [1.82, 2.24) is 19.7 Å². The van der Waals surface area contributed by atoms with Crippen LogP contribution in [0.25, 0.3) is 22.3 Å². The fourth-order valence-corrected chi connectivity index (χ4v) is 3.96. The van der Waals surface area contributed by atoms with Crippen molar-refractivity contribution in [3.63, 3.8) is 0 Å². The first-order chi connectivity index (χ1) is 14.3. The van der Waals surface area contributed by atoms with Gasteiger partial charge in [0.1, 0.15) is 5.82 Å². The van der Waals surface area contributed by atoms with Crippen LogP contribution in [0.4, 0.5) is 11.8 Å². The van der Waals surface area contributed by atoms with Gasteiger partial charge in [0, 0.05) is 18.7 Å². The molecule has 0 aliphatic carbocycles. The van der Waals surface area contributed by atoms with E-state index in [2.05, 4.69) is 29.2 Å². The van der Waals surface area contributed by atoms with Gasteiger partial charge in [-0.15, -0.1) is 5.10 Å². The van der Waals surface area contributed by atoms with E-state index in [1.165, 1.54) is 19.3 Å². The molecule has 0 amide bonds. The molecule has 2 aromatic heterocycles. The van der Waals surface area contributed by atoms with Gasteiger partial charge in [-0.05, 0) is 24.8 Å². The summed E-state index contributed by atoms with van der Waals surface area (Å²) < 4.78 is 1.83. The summed E-state index contributed by atoms with van der Waals surface area (Å²) in [5, 5.41) is 5.59. The molecular weight excluding hydrogens is 360 g/mol. The second kappa shape index (κ2) is 7.54. The summed E-state index contributed by atoms with van der Waals surface area (Å²) in [6.45, 7) is 2.58. The maximum Gasteiger partial charge on any atom is 0.228 e. The summed E-state index contributed by atoms with van der Waals surface area (Å²) in [6, 6.07) is 20.4. The van der Waals surface area contributed by atoms with Crippen molar-refractivity contribution in [3.05, 3.63) is 66.2 Å². The summed E-state index contributed by atoms with van der Waals surface area (Å²) >= 11 is 0. The van der Waals surface area contributed by atoms with Crippen LogP contribution >= 0.6 is 0 Å². The third-order valence-corrected chi connectivity index (χ3v) is 5.49. The Morgan fingerprint density at radius 3 is 2.24 bits per heavy atom. The van der Waals surface area contributed by atoms with Crippen molar-refractivity contribution in [3.8, 4) is 11.3 Å². The van der Waals surface area contributed by atoms with Crippen LogP contribution in [0.1, 0.15) is 24.8 Å². The number of rotatable bonds is 4. The molecule has 6 heteroatoms. The lowest BCUT2D eigenvalue weighted by Crippen LogP contribution is -2.31. The molecule has 0 bridgehead atoms. The zero-order valence-corrected chi connectivity index (χ0v) is 16.3. The molecule has 0 saturated carbocycles. The molecule has 0 atom stereocenters. The molecule has 146 valence electrons. The second-order valence-corrected chi connectivity index (χ2v) is 7.51. The molecule has 5 rings (SSSR count). The quantitative estimate of drug-likeness (QED) is 0.573. The average molecular weight is 384 g/mol. The Morgan fingerprint density at radius 1 is 0.828 bits per heavy atom. The van der Waals surface area contributed by atoms with Crippen LogP contribution in [0.5, 0.6) is 0 Å². The van der Waals surface area contributed by atoms with Crippen LogP contribution in [0.15, 0.2) is 60.7 Å². The highest BCUT2D eigenvalue weighted by Gasteiger charge is 2.21. The Bertz CT molecular complexity index is 1110. The van der Waals surface area contributed by atoms with Crippen molar-refractivity contribution < 1.29 is 0 Å². The Hall–Kier alpha value is -3.41. The minimum atomic E-state index is 0.605. The number of hydrogen-bond acceptors (Lipinski definition) is 5. The van der Waals surface area contributed by atoms with E-state index in [-0.39, 0.29) is 0 Å². The van der Waals surface area contributed by atoms with Crippen LogP contribution in [0.3, 0.4) is 0 Å². The lowest BCUT2D eigenvalue weighted by Gasteiger charge is -2.26. The van der Waals surface area contributed by atoms with Gasteiger partial charge in [-0.2, -0.15) is 4.98 Å². The molecule has 0 unspecified atom stereocenters. The molecule has 0 radical (unpaired) electrons. The standard InChI is InChI=1S/C23H24N6/c24-21-19-20(18-12-6-2-7-13-18)25-23(28-14-8-3-9-15-28)26-22(19)27-29(21)16-17-10-4-1-5-11-17/h1-2,4-7,10-13H,3,8-9,14-16,24H2. The van der Waals surface area contributed by atoms with Crippen LogP contribution in [-0.2, 0) is 6.54 Å². The van der Waals surface area contributed by atoms with E-state index in [1.807, 2.05) is 41.1 Å². The lowest BCUT2D eigenvalue weighted by atomic mass is 10.1. The van der Waals surface area contributed by atoms with Crippen molar-refractivity contribution >= 4 is 22.8 Å². The molecule has 3 heterocycles. The number of nitrogens with two attached hydrogens (primary N) is 1. The number of benzene rings is 2. The largest absolute Gasteiger partial charge is 0.383 e. The molecular formula is C23H24N6. The van der Waals surface area contributed by atoms with Gasteiger partial charge in [0.2, 0.25) is 5.95 Å². The minimum absolute atomic E-state index is 0.605. The molecule has 6 nitrogen and oxygen atoms in total. The molecule has 1 saturated heterocycles. The molecule has 2 N–H and O–H groups in total. The fraction of sp³-hybridized carbons (Fsp3) is 0.261. The smallest absolute Gasteiger partial charge is 0.228 e. The SMILES string of the molecule is Nc1c2c(-c3ccccc3)nc(N3CCCCC3)nc2nn1Cc1ccccc1. The molecule has 1 fully saturated rings. The summed E-state index contributed by atoms with van der Waals surface area (Å²) in [5.74, 6) is 1.35. The van der Waals surface area contributed by atoms with E-state index >= 15 is 0 Å². The number of fused-ring (bicyclic) bond motifs is 1. The van der Waals surface area contributed by atoms with Gasteiger partial charge in [0.15, 0.2) is 5.65 Å². The molecule has 1 aliphatic heterocycles. The first-order valence-electron chi connectivity index (χ1n) is 10.2. The van der Waals surface area contributed by atoms with Gasteiger partial charge in [0.25, 0.3) is 0 Å². The number of nitrogens with zero attached hydrogens (tertiary/aromatic N) is 5. The summed E-state index contributed by atoms with van der Waals surface area (Å²) in [5.41, 5.74) is 10.3. The van der Waals surface area contributed by atoms with Gasteiger partial charge < -0.3 is 10.6 Å². The van der Waals surface area contributed by atoms with Crippen molar-refractivity contribution in [2.45, 2.75) is 25.8 Å². The maximum absolute atomic E-state index is 6.56. The van der Waals surface area contributed by atoms with Crippen LogP contribution in [0, 0.1) is 0 Å². The predicted octanol–water partition coefficient (Wildman–Crippen LogP) is 4.11. The first-order valence-corrected chi connectivity index (χ1v) is 10.2. The van der Waals surface area contributed by atoms with E-state index in [9.17, 15) is 0 Å². The monoisotopic (exact) mass is 384 g/mol. The van der Waals surface area contributed by atoms with Crippen molar-refractivity contribution in [2.75, 3.05) is 23.7 Å². The molecule has 29 heavy (non-hydrogen) atoms. The van der Waals surface area contributed by atoms with Crippen molar-refractivity contribution in [1.29, 1.82) is 0 Å². The van der Waals surface area contributed by atoms with Crippen LogP contribution in [0.2, 0.25) is 0 Å². The normalized spacial score (nSPS) is 14.4. The summed E-state index contributed by atoms with van der Waals surface area (Å²) in [7, 11) is 0. The fourth-order valence-electron chi connectivity index (χ4n) is 3.96. The number of aromatic nitrogens is 4. The van der Waals surface area contributed by atoms with E-state index in [1.54, 1.807) is 0 Å². The van der Waals surface area contributed by atoms with Crippen molar-refractivity contribution in [2.24, 2.45) is 0 Å². The van der Waals surface area contributed by atoms with E-state index in [4.69, 9.17) is 20.8 Å². The average Bonchev–Trinajstić information content (AvgIpc) is 3.10. The highest BCUT2D eigenvalue weighted by Crippen LogP contribution is 2.32. The topological polar surface area (TPSA) is 72.9 Å². The zero-order chi connectivity index (χ0) is 19.6. The van der Waals surface area contributed by atoms with E-state index < -0.39 is 0 Å². The summed E-state index contributed by atoms with van der Waals surface area (Å²) in [4.78, 5) is 12.0. The molecule has 2 aromatic carbocycles. The lowest BCUT2D eigenvalue weighted by molar-refractivity contribution is 0.569. The molecule has 0 spiro atoms. The summed E-state index contributed by atoms with van der Waals surface area (Å²) in [6.07, 6.45) is 3.61. The highest BCUT2D eigenvalue weighted by atomic mass is 15.3. The minimum Gasteiger partial charge on any atom is -0.383 e. The van der Waals surface area contributed by atoms with Gasteiger partial charge in [-0.25, -0.2) is 9.67 Å². The van der Waals surface area contributed by atoms with Crippen LogP contribution < -0.4 is 10.6 Å². The van der Waals surface area contributed by atoms with Gasteiger partial charge >= 0.3 is 0 Å².